The van der Waals surface area contributed by atoms with E-state index in [1.54, 1.807) is 6.20 Å². The van der Waals surface area contributed by atoms with E-state index >= 15 is 0 Å². The fourth-order valence-electron chi connectivity index (χ4n) is 3.13. The molecule has 2 unspecified atom stereocenters. The van der Waals surface area contributed by atoms with E-state index in [0.717, 1.165) is 25.7 Å². The summed E-state index contributed by atoms with van der Waals surface area (Å²) in [5, 5.41) is 13.1. The molecule has 19 heavy (non-hydrogen) atoms. The maximum Gasteiger partial charge on any atom is 0.107 e. The Morgan fingerprint density at radius 2 is 2.32 bits per heavy atom. The Bertz CT molecular complexity index is 455. The molecule has 3 nitrogen and oxygen atoms in total. The highest BCUT2D eigenvalue weighted by atomic mass is 15.0. The van der Waals surface area contributed by atoms with Crippen molar-refractivity contribution in [1.82, 2.24) is 10.3 Å². The van der Waals surface area contributed by atoms with Crippen LogP contribution < -0.4 is 5.32 Å². The van der Waals surface area contributed by atoms with Crippen LogP contribution in [0.2, 0.25) is 0 Å². The molecule has 0 spiro atoms. The maximum atomic E-state index is 9.54. The Hall–Kier alpha value is -1.40. The van der Waals surface area contributed by atoms with Crippen LogP contribution in [0.1, 0.15) is 45.6 Å². The maximum absolute atomic E-state index is 9.54. The van der Waals surface area contributed by atoms with E-state index in [1.165, 1.54) is 5.56 Å². The van der Waals surface area contributed by atoms with E-state index in [1.807, 2.05) is 12.3 Å². The van der Waals surface area contributed by atoms with Crippen LogP contribution in [0, 0.1) is 17.2 Å². The Labute approximate surface area is 116 Å². The largest absolute Gasteiger partial charge is 0.295 e. The summed E-state index contributed by atoms with van der Waals surface area (Å²) in [5.41, 5.74) is 0.918. The van der Waals surface area contributed by atoms with Gasteiger partial charge in [0, 0.05) is 17.9 Å². The lowest BCUT2D eigenvalue weighted by Crippen LogP contribution is -2.51. The summed E-state index contributed by atoms with van der Waals surface area (Å²) in [6, 6.07) is 6.63. The molecule has 3 heteroatoms. The van der Waals surface area contributed by atoms with Gasteiger partial charge in [-0.3, -0.25) is 10.3 Å². The minimum Gasteiger partial charge on any atom is -0.295 e. The first-order valence-corrected chi connectivity index (χ1v) is 7.02. The van der Waals surface area contributed by atoms with Crippen molar-refractivity contribution in [3.8, 4) is 6.07 Å². The standard InChI is InChI=1S/C16H23N3/c1-15(2,3)19-16(12-17)7-6-13(10-16)9-14-5-4-8-18-11-14/h4-5,8,11,13,19H,6-7,9-10H2,1-3H3. The van der Waals surface area contributed by atoms with E-state index in [-0.39, 0.29) is 11.1 Å². The van der Waals surface area contributed by atoms with Crippen molar-refractivity contribution in [2.45, 2.75) is 57.5 Å². The number of aromatic nitrogens is 1. The zero-order valence-electron chi connectivity index (χ0n) is 12.1. The van der Waals surface area contributed by atoms with E-state index in [0.29, 0.717) is 5.92 Å². The lowest BCUT2D eigenvalue weighted by molar-refractivity contribution is 0.296. The predicted molar refractivity (Wildman–Crippen MR) is 76.5 cm³/mol. The van der Waals surface area contributed by atoms with Gasteiger partial charge in [0.05, 0.1) is 6.07 Å². The van der Waals surface area contributed by atoms with Crippen molar-refractivity contribution < 1.29 is 0 Å². The van der Waals surface area contributed by atoms with Gasteiger partial charge in [-0.15, -0.1) is 0 Å². The molecule has 1 aliphatic rings. The number of nitrogens with zero attached hydrogens (tertiary/aromatic N) is 2. The van der Waals surface area contributed by atoms with Crippen molar-refractivity contribution in [1.29, 1.82) is 5.26 Å². The molecule has 1 saturated carbocycles. The van der Waals surface area contributed by atoms with E-state index < -0.39 is 0 Å². The molecule has 0 radical (unpaired) electrons. The Balaban J connectivity index is 2.00. The van der Waals surface area contributed by atoms with Crippen LogP contribution in [-0.4, -0.2) is 16.1 Å². The molecule has 0 saturated heterocycles. The summed E-state index contributed by atoms with van der Waals surface area (Å²) in [6.45, 7) is 6.38. The molecule has 1 N–H and O–H groups in total. The van der Waals surface area contributed by atoms with E-state index in [4.69, 9.17) is 0 Å². The highest BCUT2D eigenvalue weighted by Gasteiger charge is 2.41. The summed E-state index contributed by atoms with van der Waals surface area (Å²) in [4.78, 5) is 4.16. The average Bonchev–Trinajstić information content (AvgIpc) is 2.72. The molecule has 2 atom stereocenters. The number of pyridine rings is 1. The zero-order chi connectivity index (χ0) is 13.9. The van der Waals surface area contributed by atoms with Crippen molar-refractivity contribution in [2.24, 2.45) is 5.92 Å². The smallest absolute Gasteiger partial charge is 0.107 e. The van der Waals surface area contributed by atoms with Crippen LogP contribution in [0.5, 0.6) is 0 Å². The van der Waals surface area contributed by atoms with Crippen LogP contribution >= 0.6 is 0 Å². The Morgan fingerprint density at radius 1 is 1.53 bits per heavy atom. The minimum absolute atomic E-state index is 0.0150. The lowest BCUT2D eigenvalue weighted by Gasteiger charge is -2.32. The molecule has 1 aliphatic carbocycles. The number of nitriles is 1. The van der Waals surface area contributed by atoms with E-state index in [2.05, 4.69) is 43.2 Å². The summed E-state index contributed by atoms with van der Waals surface area (Å²) >= 11 is 0. The fourth-order valence-corrected chi connectivity index (χ4v) is 3.13. The topological polar surface area (TPSA) is 48.7 Å². The van der Waals surface area contributed by atoms with Crippen LogP contribution in [0.15, 0.2) is 24.5 Å². The number of rotatable bonds is 3. The quantitative estimate of drug-likeness (QED) is 0.905. The van der Waals surface area contributed by atoms with Gasteiger partial charge in [0.25, 0.3) is 0 Å². The molecule has 1 fully saturated rings. The van der Waals surface area contributed by atoms with Gasteiger partial charge >= 0.3 is 0 Å². The van der Waals surface area contributed by atoms with Gasteiger partial charge in [-0.25, -0.2) is 0 Å². The van der Waals surface area contributed by atoms with Gasteiger partial charge in [0.15, 0.2) is 0 Å². The SMILES string of the molecule is CC(C)(C)NC1(C#N)CCC(Cc2cccnc2)C1. The molecule has 1 aromatic rings. The predicted octanol–water partition coefficient (Wildman–Crippen LogP) is 3.07. The zero-order valence-corrected chi connectivity index (χ0v) is 12.1. The fraction of sp³-hybridized carbons (Fsp3) is 0.625. The third-order valence-electron chi connectivity index (χ3n) is 3.69. The van der Waals surface area contributed by atoms with Crippen LogP contribution in [0.3, 0.4) is 0 Å². The highest BCUT2D eigenvalue weighted by Crippen LogP contribution is 2.37. The molecule has 2 rings (SSSR count). The first-order valence-electron chi connectivity index (χ1n) is 7.02. The van der Waals surface area contributed by atoms with Crippen LogP contribution in [0.25, 0.3) is 0 Å². The summed E-state index contributed by atoms with van der Waals surface area (Å²) in [5.74, 6) is 0.582. The summed E-state index contributed by atoms with van der Waals surface area (Å²) in [6.07, 6.45) is 7.78. The molecule has 1 aromatic heterocycles. The van der Waals surface area contributed by atoms with Crippen LogP contribution in [-0.2, 0) is 6.42 Å². The number of nitrogens with one attached hydrogen (secondary N) is 1. The second kappa shape index (κ2) is 5.30. The van der Waals surface area contributed by atoms with Gasteiger partial charge in [-0.2, -0.15) is 5.26 Å². The van der Waals surface area contributed by atoms with Crippen molar-refractivity contribution in [3.63, 3.8) is 0 Å². The number of hydrogen-bond donors (Lipinski definition) is 1. The van der Waals surface area contributed by atoms with Crippen molar-refractivity contribution >= 4 is 0 Å². The first-order chi connectivity index (χ1) is 8.92. The highest BCUT2D eigenvalue weighted by molar-refractivity contribution is 5.16. The van der Waals surface area contributed by atoms with Gasteiger partial charge in [0.2, 0.25) is 0 Å². The van der Waals surface area contributed by atoms with Crippen molar-refractivity contribution in [2.75, 3.05) is 0 Å². The molecule has 102 valence electrons. The third kappa shape index (κ3) is 3.78. The molecule has 1 heterocycles. The molecule has 0 aliphatic heterocycles. The van der Waals surface area contributed by atoms with Crippen LogP contribution in [0.4, 0.5) is 0 Å². The lowest BCUT2D eigenvalue weighted by atomic mass is 9.91. The minimum atomic E-state index is -0.342. The van der Waals surface area contributed by atoms with Gasteiger partial charge < -0.3 is 0 Å². The van der Waals surface area contributed by atoms with Crippen molar-refractivity contribution in [3.05, 3.63) is 30.1 Å². The normalized spacial score (nSPS) is 27.2. The van der Waals surface area contributed by atoms with E-state index in [9.17, 15) is 5.26 Å². The first kappa shape index (κ1) is 14.0. The number of hydrogen-bond acceptors (Lipinski definition) is 3. The molecule has 0 aromatic carbocycles. The Kier molecular flexibility index (Phi) is 3.91. The molecule has 0 bridgehead atoms. The second-order valence-corrected chi connectivity index (χ2v) is 6.74. The third-order valence-corrected chi connectivity index (χ3v) is 3.69. The molecular formula is C16H23N3. The molecule has 0 amide bonds. The Morgan fingerprint density at radius 3 is 2.89 bits per heavy atom. The van der Waals surface area contributed by atoms with Gasteiger partial charge in [0.1, 0.15) is 5.54 Å². The average molecular weight is 257 g/mol. The summed E-state index contributed by atoms with van der Waals surface area (Å²) < 4.78 is 0. The second-order valence-electron chi connectivity index (χ2n) is 6.74. The molecular weight excluding hydrogens is 234 g/mol. The monoisotopic (exact) mass is 257 g/mol. The van der Waals surface area contributed by atoms with Gasteiger partial charge in [-0.1, -0.05) is 6.07 Å². The van der Waals surface area contributed by atoms with Gasteiger partial charge in [-0.05, 0) is 64.0 Å². The summed E-state index contributed by atoms with van der Waals surface area (Å²) in [7, 11) is 0.